The van der Waals surface area contributed by atoms with Gasteiger partial charge in [0.05, 0.1) is 6.54 Å². The van der Waals surface area contributed by atoms with Crippen molar-refractivity contribution in [3.63, 3.8) is 0 Å². The average molecular weight is 294 g/mol. The molecule has 0 spiro atoms. The highest BCUT2D eigenvalue weighted by molar-refractivity contribution is 5.98. The number of carbonyl (C=O) groups is 2. The molecule has 1 aliphatic heterocycles. The van der Waals surface area contributed by atoms with E-state index in [-0.39, 0.29) is 18.4 Å². The van der Waals surface area contributed by atoms with E-state index in [1.165, 1.54) is 0 Å². The molecule has 1 unspecified atom stereocenters. The number of nitrogens with zero attached hydrogens (tertiary/aromatic N) is 1. The molecular weight excluding hydrogens is 276 g/mol. The van der Waals surface area contributed by atoms with Crippen LogP contribution in [0.1, 0.15) is 18.1 Å². The minimum atomic E-state index is -1.01. The Morgan fingerprint density at radius 2 is 1.59 bits per heavy atom. The van der Waals surface area contributed by atoms with Gasteiger partial charge in [-0.15, -0.1) is 0 Å². The summed E-state index contributed by atoms with van der Waals surface area (Å²) >= 11 is 0. The van der Waals surface area contributed by atoms with E-state index in [0.29, 0.717) is 6.54 Å². The fourth-order valence-electron chi connectivity index (χ4n) is 2.83. The topological polar surface area (TPSA) is 49.4 Å². The number of nitrogens with one attached hydrogen (secondary N) is 1. The summed E-state index contributed by atoms with van der Waals surface area (Å²) in [6.07, 6.45) is 0. The van der Waals surface area contributed by atoms with E-state index in [4.69, 9.17) is 0 Å². The Morgan fingerprint density at radius 1 is 1.00 bits per heavy atom. The monoisotopic (exact) mass is 294 g/mol. The number of rotatable bonds is 3. The maximum absolute atomic E-state index is 12.9. The molecule has 0 aliphatic carbocycles. The Balaban J connectivity index is 1.90. The van der Waals surface area contributed by atoms with Crippen LogP contribution in [-0.4, -0.2) is 23.3 Å². The molecule has 4 nitrogen and oxygen atoms in total. The van der Waals surface area contributed by atoms with E-state index in [2.05, 4.69) is 5.32 Å². The van der Waals surface area contributed by atoms with Crippen molar-refractivity contribution in [2.24, 2.45) is 0 Å². The van der Waals surface area contributed by atoms with E-state index >= 15 is 0 Å². The summed E-state index contributed by atoms with van der Waals surface area (Å²) in [6, 6.07) is 19.1. The van der Waals surface area contributed by atoms with Gasteiger partial charge in [0, 0.05) is 6.54 Å². The first-order chi connectivity index (χ1) is 10.6. The van der Waals surface area contributed by atoms with E-state index in [1.54, 1.807) is 11.8 Å². The van der Waals surface area contributed by atoms with Gasteiger partial charge in [0.1, 0.15) is 5.54 Å². The SMILES string of the molecule is CC1(c2ccccc2)NC(=O)CN(Cc2ccccc2)C1=O. The number of benzene rings is 2. The largest absolute Gasteiger partial charge is 0.337 e. The minimum absolute atomic E-state index is 0.0813. The number of hydrogen-bond donors (Lipinski definition) is 1. The lowest BCUT2D eigenvalue weighted by atomic mass is 9.88. The second-order valence-electron chi connectivity index (χ2n) is 5.69. The number of carbonyl (C=O) groups excluding carboxylic acids is 2. The first-order valence-electron chi connectivity index (χ1n) is 7.29. The quantitative estimate of drug-likeness (QED) is 0.942. The molecule has 0 aromatic heterocycles. The van der Waals surface area contributed by atoms with Crippen LogP contribution in [0.2, 0.25) is 0 Å². The number of piperazine rings is 1. The molecule has 0 bridgehead atoms. The lowest BCUT2D eigenvalue weighted by Gasteiger charge is -2.40. The first kappa shape index (κ1) is 14.3. The van der Waals surface area contributed by atoms with Crippen LogP contribution in [0.15, 0.2) is 60.7 Å². The second-order valence-corrected chi connectivity index (χ2v) is 5.69. The van der Waals surface area contributed by atoms with Crippen molar-refractivity contribution in [3.8, 4) is 0 Å². The van der Waals surface area contributed by atoms with Gasteiger partial charge in [-0.1, -0.05) is 60.7 Å². The Morgan fingerprint density at radius 3 is 2.23 bits per heavy atom. The summed E-state index contributed by atoms with van der Waals surface area (Å²) in [5.41, 5.74) is 0.804. The molecule has 0 radical (unpaired) electrons. The minimum Gasteiger partial charge on any atom is -0.337 e. The highest BCUT2D eigenvalue weighted by Crippen LogP contribution is 2.27. The smallest absolute Gasteiger partial charge is 0.253 e. The van der Waals surface area contributed by atoms with Gasteiger partial charge in [-0.3, -0.25) is 9.59 Å². The highest BCUT2D eigenvalue weighted by Gasteiger charge is 2.44. The molecule has 2 aromatic rings. The Hall–Kier alpha value is -2.62. The zero-order chi connectivity index (χ0) is 15.6. The molecule has 1 N–H and O–H groups in total. The molecule has 1 fully saturated rings. The molecule has 0 saturated carbocycles. The third-order valence-electron chi connectivity index (χ3n) is 4.01. The number of hydrogen-bond acceptors (Lipinski definition) is 2. The molecule has 1 atom stereocenters. The van der Waals surface area contributed by atoms with Crippen molar-refractivity contribution in [1.82, 2.24) is 10.2 Å². The molecule has 2 aromatic carbocycles. The van der Waals surface area contributed by atoms with E-state index in [1.807, 2.05) is 60.7 Å². The van der Waals surface area contributed by atoms with Gasteiger partial charge in [0.2, 0.25) is 5.91 Å². The second kappa shape index (κ2) is 5.64. The van der Waals surface area contributed by atoms with Gasteiger partial charge in [-0.25, -0.2) is 0 Å². The average Bonchev–Trinajstić information content (AvgIpc) is 2.54. The van der Waals surface area contributed by atoms with Crippen LogP contribution in [0.3, 0.4) is 0 Å². The number of amides is 2. The van der Waals surface area contributed by atoms with Gasteiger partial charge in [-0.05, 0) is 18.1 Å². The fraction of sp³-hybridized carbons (Fsp3) is 0.222. The van der Waals surface area contributed by atoms with E-state index < -0.39 is 5.54 Å². The van der Waals surface area contributed by atoms with Crippen LogP contribution >= 0.6 is 0 Å². The van der Waals surface area contributed by atoms with Crippen LogP contribution in [0, 0.1) is 0 Å². The van der Waals surface area contributed by atoms with Crippen molar-refractivity contribution in [2.45, 2.75) is 19.0 Å². The van der Waals surface area contributed by atoms with E-state index in [0.717, 1.165) is 11.1 Å². The van der Waals surface area contributed by atoms with Crippen molar-refractivity contribution < 1.29 is 9.59 Å². The maximum atomic E-state index is 12.9. The molecule has 3 rings (SSSR count). The Bertz CT molecular complexity index is 685. The van der Waals surface area contributed by atoms with Crippen molar-refractivity contribution in [2.75, 3.05) is 6.54 Å². The van der Waals surface area contributed by atoms with Gasteiger partial charge in [0.15, 0.2) is 0 Å². The molecular formula is C18H18N2O2. The summed E-state index contributed by atoms with van der Waals surface area (Å²) in [4.78, 5) is 26.6. The fourth-order valence-corrected chi connectivity index (χ4v) is 2.83. The lowest BCUT2D eigenvalue weighted by molar-refractivity contribution is -0.150. The summed E-state index contributed by atoms with van der Waals surface area (Å²) in [6.45, 7) is 2.30. The predicted octanol–water partition coefficient (Wildman–Crippen LogP) is 2.06. The van der Waals surface area contributed by atoms with Crippen LogP contribution < -0.4 is 5.32 Å². The van der Waals surface area contributed by atoms with Crippen LogP contribution in [0.5, 0.6) is 0 Å². The van der Waals surface area contributed by atoms with Crippen molar-refractivity contribution in [3.05, 3.63) is 71.8 Å². The molecule has 1 heterocycles. The van der Waals surface area contributed by atoms with Crippen LogP contribution in [-0.2, 0) is 21.7 Å². The van der Waals surface area contributed by atoms with Gasteiger partial charge < -0.3 is 10.2 Å². The molecule has 112 valence electrons. The summed E-state index contributed by atoms with van der Waals surface area (Å²) in [5.74, 6) is -0.218. The molecule has 2 amide bonds. The van der Waals surface area contributed by atoms with Crippen LogP contribution in [0.25, 0.3) is 0 Å². The van der Waals surface area contributed by atoms with Gasteiger partial charge >= 0.3 is 0 Å². The third kappa shape index (κ3) is 2.60. The molecule has 22 heavy (non-hydrogen) atoms. The molecule has 1 aliphatic rings. The Labute approximate surface area is 129 Å². The molecule has 1 saturated heterocycles. The first-order valence-corrected chi connectivity index (χ1v) is 7.29. The lowest BCUT2D eigenvalue weighted by Crippen LogP contribution is -2.62. The van der Waals surface area contributed by atoms with Crippen LogP contribution in [0.4, 0.5) is 0 Å². The van der Waals surface area contributed by atoms with E-state index in [9.17, 15) is 9.59 Å². The standard InChI is InChI=1S/C18H18N2O2/c1-18(15-10-6-3-7-11-15)17(22)20(13-16(21)19-18)12-14-8-4-2-5-9-14/h2-11H,12-13H2,1H3,(H,19,21). The van der Waals surface area contributed by atoms with Gasteiger partial charge in [-0.2, -0.15) is 0 Å². The van der Waals surface area contributed by atoms with Gasteiger partial charge in [0.25, 0.3) is 5.91 Å². The summed E-state index contributed by atoms with van der Waals surface area (Å²) in [5, 5.41) is 2.84. The Kier molecular flexibility index (Phi) is 3.67. The predicted molar refractivity (Wildman–Crippen MR) is 83.8 cm³/mol. The van der Waals surface area contributed by atoms with Crippen molar-refractivity contribution >= 4 is 11.8 Å². The zero-order valence-corrected chi connectivity index (χ0v) is 12.5. The summed E-state index contributed by atoms with van der Waals surface area (Å²) < 4.78 is 0. The third-order valence-corrected chi connectivity index (χ3v) is 4.01. The normalized spacial score (nSPS) is 21.6. The zero-order valence-electron chi connectivity index (χ0n) is 12.5. The highest BCUT2D eigenvalue weighted by atomic mass is 16.2. The molecule has 4 heteroatoms. The maximum Gasteiger partial charge on any atom is 0.253 e. The van der Waals surface area contributed by atoms with Crippen molar-refractivity contribution in [1.29, 1.82) is 0 Å². The summed E-state index contributed by atoms with van der Waals surface area (Å²) in [7, 11) is 0.